The highest BCUT2D eigenvalue weighted by atomic mass is 32.2. The first-order chi connectivity index (χ1) is 12.0. The van der Waals surface area contributed by atoms with Gasteiger partial charge in [-0.3, -0.25) is 9.59 Å². The molecule has 8 heteroatoms. The van der Waals surface area contributed by atoms with Crippen LogP contribution in [0.4, 0.5) is 5.69 Å². The lowest BCUT2D eigenvalue weighted by Gasteiger charge is -2.33. The van der Waals surface area contributed by atoms with Gasteiger partial charge in [0.2, 0.25) is 11.8 Å². The summed E-state index contributed by atoms with van der Waals surface area (Å²) in [6, 6.07) is 6.95. The summed E-state index contributed by atoms with van der Waals surface area (Å²) in [5.74, 6) is 0.158. The number of carboxylic acids is 1. The number of hydrogen-bond acceptors (Lipinski definition) is 5. The molecule has 2 N–H and O–H groups in total. The highest BCUT2D eigenvalue weighted by molar-refractivity contribution is 8.00. The van der Waals surface area contributed by atoms with Crippen LogP contribution in [0.1, 0.15) is 23.2 Å². The fourth-order valence-corrected chi connectivity index (χ4v) is 3.96. The van der Waals surface area contributed by atoms with Crippen molar-refractivity contribution >= 4 is 35.2 Å². The third kappa shape index (κ3) is 4.45. The average molecular weight is 363 g/mol. The smallest absolute Gasteiger partial charge is 0.335 e. The molecule has 0 aromatic heterocycles. The van der Waals surface area contributed by atoms with E-state index in [4.69, 9.17) is 5.11 Å². The molecular formula is C17H21N3O4S. The molecule has 2 aliphatic rings. The van der Waals surface area contributed by atoms with E-state index >= 15 is 0 Å². The molecule has 2 fully saturated rings. The number of amides is 2. The second-order valence-electron chi connectivity index (χ2n) is 6.25. The van der Waals surface area contributed by atoms with Crippen LogP contribution in [-0.4, -0.2) is 70.0 Å². The summed E-state index contributed by atoms with van der Waals surface area (Å²) in [5.41, 5.74) is 1.04. The van der Waals surface area contributed by atoms with Crippen molar-refractivity contribution in [1.29, 1.82) is 0 Å². The minimum atomic E-state index is -0.946. The lowest BCUT2D eigenvalue weighted by molar-refractivity contribution is -0.138. The molecule has 0 spiro atoms. The maximum atomic E-state index is 12.3. The van der Waals surface area contributed by atoms with Crippen molar-refractivity contribution in [2.45, 2.75) is 18.9 Å². The van der Waals surface area contributed by atoms with E-state index in [0.717, 1.165) is 18.5 Å². The first-order valence-electron chi connectivity index (χ1n) is 8.26. The Morgan fingerprint density at radius 2 is 2.04 bits per heavy atom. The molecule has 2 aliphatic heterocycles. The fourth-order valence-electron chi connectivity index (χ4n) is 3.05. The largest absolute Gasteiger partial charge is 0.478 e. The van der Waals surface area contributed by atoms with Crippen molar-refractivity contribution < 1.29 is 19.5 Å². The van der Waals surface area contributed by atoms with E-state index in [1.165, 1.54) is 11.8 Å². The van der Waals surface area contributed by atoms with Crippen molar-refractivity contribution in [3.05, 3.63) is 29.8 Å². The zero-order valence-corrected chi connectivity index (χ0v) is 14.6. The molecule has 134 valence electrons. The summed E-state index contributed by atoms with van der Waals surface area (Å²) >= 11 is 1.54. The van der Waals surface area contributed by atoms with Crippen LogP contribution in [0, 0.1) is 0 Å². The van der Waals surface area contributed by atoms with Crippen LogP contribution in [0.3, 0.4) is 0 Å². The topological polar surface area (TPSA) is 89.9 Å². The van der Waals surface area contributed by atoms with Crippen LogP contribution in [-0.2, 0) is 9.59 Å². The van der Waals surface area contributed by atoms with Gasteiger partial charge in [-0.25, -0.2) is 4.79 Å². The molecule has 0 saturated carbocycles. The van der Waals surface area contributed by atoms with Gasteiger partial charge in [0.05, 0.1) is 17.2 Å². The number of thioether (sulfide) groups is 1. The predicted molar refractivity (Wildman–Crippen MR) is 95.7 cm³/mol. The number of aromatic carboxylic acids is 1. The average Bonchev–Trinajstić information content (AvgIpc) is 3.00. The minimum absolute atomic E-state index is 0.00201. The first-order valence-corrected chi connectivity index (χ1v) is 9.41. The Morgan fingerprint density at radius 1 is 1.28 bits per heavy atom. The standard InChI is InChI=1S/C17H21N3O4S/c21-15(9-20-11-25-10-16(20)22)19-6-4-13(5-7-19)18-14-3-1-2-12(8-14)17(23)24/h1-3,8,13,18H,4-7,9-11H2,(H,23,24). The number of hydrogen-bond donors (Lipinski definition) is 2. The van der Waals surface area contributed by atoms with Gasteiger partial charge < -0.3 is 20.2 Å². The van der Waals surface area contributed by atoms with Gasteiger partial charge in [-0.1, -0.05) is 6.07 Å². The van der Waals surface area contributed by atoms with Crippen LogP contribution in [0.2, 0.25) is 0 Å². The highest BCUT2D eigenvalue weighted by Crippen LogP contribution is 2.19. The second kappa shape index (κ2) is 7.77. The molecule has 0 atom stereocenters. The highest BCUT2D eigenvalue weighted by Gasteiger charge is 2.27. The molecule has 1 aromatic rings. The molecular weight excluding hydrogens is 342 g/mol. The van der Waals surface area contributed by atoms with Crippen molar-refractivity contribution in [2.24, 2.45) is 0 Å². The first kappa shape index (κ1) is 17.6. The maximum absolute atomic E-state index is 12.3. The van der Waals surface area contributed by atoms with Crippen molar-refractivity contribution in [2.75, 3.05) is 36.6 Å². The van der Waals surface area contributed by atoms with Crippen molar-refractivity contribution in [3.63, 3.8) is 0 Å². The van der Waals surface area contributed by atoms with Gasteiger partial charge in [0.15, 0.2) is 0 Å². The molecule has 25 heavy (non-hydrogen) atoms. The molecule has 0 unspecified atom stereocenters. The van der Waals surface area contributed by atoms with E-state index in [0.29, 0.717) is 24.7 Å². The summed E-state index contributed by atoms with van der Waals surface area (Å²) in [6.07, 6.45) is 1.59. The Balaban J connectivity index is 1.48. The van der Waals surface area contributed by atoms with Gasteiger partial charge in [0, 0.05) is 24.8 Å². The van der Waals surface area contributed by atoms with Crippen LogP contribution in [0.5, 0.6) is 0 Å². The number of anilines is 1. The van der Waals surface area contributed by atoms with Crippen LogP contribution >= 0.6 is 11.8 Å². The summed E-state index contributed by atoms with van der Waals surface area (Å²) in [6.45, 7) is 1.46. The van der Waals surface area contributed by atoms with Crippen LogP contribution in [0.25, 0.3) is 0 Å². The lowest BCUT2D eigenvalue weighted by Crippen LogP contribution is -2.46. The Morgan fingerprint density at radius 3 is 2.68 bits per heavy atom. The van der Waals surface area contributed by atoms with E-state index in [9.17, 15) is 14.4 Å². The van der Waals surface area contributed by atoms with E-state index in [2.05, 4.69) is 5.32 Å². The maximum Gasteiger partial charge on any atom is 0.335 e. The Kier molecular flexibility index (Phi) is 5.47. The molecule has 7 nitrogen and oxygen atoms in total. The van der Waals surface area contributed by atoms with Gasteiger partial charge in [0.1, 0.15) is 6.54 Å². The number of likely N-dealkylation sites (tertiary alicyclic amines) is 1. The van der Waals surface area contributed by atoms with Gasteiger partial charge in [-0.15, -0.1) is 11.8 Å². The molecule has 2 saturated heterocycles. The molecule has 0 aliphatic carbocycles. The van der Waals surface area contributed by atoms with E-state index in [-0.39, 0.29) is 30.0 Å². The molecule has 0 radical (unpaired) electrons. The van der Waals surface area contributed by atoms with Crippen LogP contribution < -0.4 is 5.32 Å². The third-order valence-corrected chi connectivity index (χ3v) is 5.42. The normalized spacial score (nSPS) is 18.5. The summed E-state index contributed by atoms with van der Waals surface area (Å²) in [4.78, 5) is 38.4. The zero-order chi connectivity index (χ0) is 17.8. The molecule has 2 heterocycles. The van der Waals surface area contributed by atoms with Gasteiger partial charge >= 0.3 is 5.97 Å². The Labute approximate surface area is 150 Å². The number of rotatable bonds is 5. The molecule has 3 rings (SSSR count). The van der Waals surface area contributed by atoms with E-state index in [1.54, 1.807) is 23.1 Å². The van der Waals surface area contributed by atoms with Gasteiger partial charge in [-0.05, 0) is 31.0 Å². The number of nitrogens with zero attached hydrogens (tertiary/aromatic N) is 2. The lowest BCUT2D eigenvalue weighted by atomic mass is 10.0. The second-order valence-corrected chi connectivity index (χ2v) is 7.21. The van der Waals surface area contributed by atoms with Crippen molar-refractivity contribution in [1.82, 2.24) is 9.80 Å². The SMILES string of the molecule is O=C(O)c1cccc(NC2CCN(C(=O)CN3CSCC3=O)CC2)c1. The number of piperidine rings is 1. The van der Waals surface area contributed by atoms with Gasteiger partial charge in [-0.2, -0.15) is 0 Å². The monoisotopic (exact) mass is 363 g/mol. The Hall–Kier alpha value is -2.22. The predicted octanol–water partition coefficient (Wildman–Crippen LogP) is 1.32. The minimum Gasteiger partial charge on any atom is -0.478 e. The quantitative estimate of drug-likeness (QED) is 0.820. The van der Waals surface area contributed by atoms with Gasteiger partial charge in [0.25, 0.3) is 0 Å². The number of carboxylic acid groups (broad SMARTS) is 1. The molecule has 0 bridgehead atoms. The zero-order valence-electron chi connectivity index (χ0n) is 13.8. The molecule has 2 amide bonds. The Bertz CT molecular complexity index is 674. The number of carbonyl (C=O) groups is 3. The molecule has 1 aromatic carbocycles. The number of nitrogens with one attached hydrogen (secondary N) is 1. The van der Waals surface area contributed by atoms with Crippen molar-refractivity contribution in [3.8, 4) is 0 Å². The van der Waals surface area contributed by atoms with Crippen LogP contribution in [0.15, 0.2) is 24.3 Å². The number of benzene rings is 1. The summed E-state index contributed by atoms with van der Waals surface area (Å²) in [7, 11) is 0. The number of carbonyl (C=O) groups excluding carboxylic acids is 2. The summed E-state index contributed by atoms with van der Waals surface area (Å²) < 4.78 is 0. The third-order valence-electron chi connectivity index (χ3n) is 4.48. The van der Waals surface area contributed by atoms with E-state index in [1.807, 2.05) is 11.0 Å². The fraction of sp³-hybridized carbons (Fsp3) is 0.471. The van der Waals surface area contributed by atoms with E-state index < -0.39 is 5.97 Å². The summed E-state index contributed by atoms with van der Waals surface area (Å²) in [5, 5.41) is 12.4.